The van der Waals surface area contributed by atoms with Crippen molar-refractivity contribution in [1.82, 2.24) is 0 Å². The molecule has 0 aliphatic carbocycles. The Morgan fingerprint density at radius 1 is 1.04 bits per heavy atom. The Bertz CT molecular complexity index is 761. The highest BCUT2D eigenvalue weighted by atomic mass is 35.5. The average Bonchev–Trinajstić information content (AvgIpc) is 2.59. The third-order valence-corrected chi connectivity index (χ3v) is 5.61. The van der Waals surface area contributed by atoms with E-state index < -0.39 is 11.2 Å². The topological polar surface area (TPSA) is 54.4 Å². The predicted octanol–water partition coefficient (Wildman–Crippen LogP) is 5.60. The third-order valence-electron chi connectivity index (χ3n) is 4.08. The maximum Gasteiger partial charge on any atom is 0.317 e. The van der Waals surface area contributed by atoms with Gasteiger partial charge in [-0.2, -0.15) is 0 Å². The molecular weight excluding hydrogens is 368 g/mol. The fourth-order valence-electron chi connectivity index (χ4n) is 2.44. The lowest BCUT2D eigenvalue weighted by Crippen LogP contribution is -2.21. The normalized spacial score (nSPS) is 12.6. The molecule has 2 rings (SSSR count). The first-order valence-electron chi connectivity index (χ1n) is 8.39. The molecule has 0 unspecified atom stereocenters. The van der Waals surface area contributed by atoms with Gasteiger partial charge in [-0.25, -0.2) is 0 Å². The summed E-state index contributed by atoms with van der Waals surface area (Å²) in [7, 11) is 0. The molecule has 0 fully saturated rings. The average molecular weight is 391 g/mol. The van der Waals surface area contributed by atoms with Crippen LogP contribution in [0.4, 0.5) is 0 Å². The van der Waals surface area contributed by atoms with Crippen LogP contribution in [0.2, 0.25) is 5.02 Å². The number of benzene rings is 2. The van der Waals surface area contributed by atoms with Crippen LogP contribution < -0.4 is 0 Å². The number of hydrogen-bond donors (Lipinski definition) is 1. The number of carbonyl (C=O) groups excluding carboxylic acids is 1. The Hall–Kier alpha value is -1.78. The van der Waals surface area contributed by atoms with Crippen molar-refractivity contribution in [2.45, 2.75) is 43.6 Å². The molecule has 5 heteroatoms. The van der Waals surface area contributed by atoms with Crippen molar-refractivity contribution in [3.63, 3.8) is 0 Å². The molecule has 0 spiro atoms. The van der Waals surface area contributed by atoms with Gasteiger partial charge in [0, 0.05) is 22.8 Å². The van der Waals surface area contributed by atoms with Crippen molar-refractivity contribution >= 4 is 35.1 Å². The minimum atomic E-state index is -0.969. The number of halogens is 1. The standard InChI is InChI=1S/C21H23ClO3S/c1-21(2,3)16-8-6-15(7-9-16)18(23)12-19(20(24)25)26-13-14-4-10-17(22)11-5-14/h4-11,19H,12-13H2,1-3H3,(H,24,25)/t19-/m0/s1. The minimum Gasteiger partial charge on any atom is -0.480 e. The van der Waals surface area contributed by atoms with Crippen LogP contribution in [0.1, 0.15) is 48.7 Å². The van der Waals surface area contributed by atoms with Gasteiger partial charge < -0.3 is 5.11 Å². The first-order chi connectivity index (χ1) is 12.2. The van der Waals surface area contributed by atoms with E-state index in [-0.39, 0.29) is 17.6 Å². The minimum absolute atomic E-state index is 0.0135. The van der Waals surface area contributed by atoms with Crippen LogP contribution in [0.5, 0.6) is 0 Å². The number of carboxylic acid groups (broad SMARTS) is 1. The fourth-order valence-corrected chi connectivity index (χ4v) is 3.56. The van der Waals surface area contributed by atoms with Crippen LogP contribution in [0.25, 0.3) is 0 Å². The maximum atomic E-state index is 12.5. The largest absolute Gasteiger partial charge is 0.480 e. The third kappa shape index (κ3) is 5.89. The van der Waals surface area contributed by atoms with Crippen molar-refractivity contribution in [3.8, 4) is 0 Å². The number of carbonyl (C=O) groups is 2. The quantitative estimate of drug-likeness (QED) is 0.625. The highest BCUT2D eigenvalue weighted by Crippen LogP contribution is 2.25. The van der Waals surface area contributed by atoms with Gasteiger partial charge in [-0.05, 0) is 28.7 Å². The van der Waals surface area contributed by atoms with E-state index in [2.05, 4.69) is 20.8 Å². The van der Waals surface area contributed by atoms with Crippen LogP contribution in [0.3, 0.4) is 0 Å². The Labute approximate surface area is 163 Å². The molecule has 0 bridgehead atoms. The number of aliphatic carboxylic acids is 1. The van der Waals surface area contributed by atoms with E-state index in [0.717, 1.165) is 11.1 Å². The molecule has 0 aromatic heterocycles. The van der Waals surface area contributed by atoms with E-state index >= 15 is 0 Å². The highest BCUT2D eigenvalue weighted by molar-refractivity contribution is 7.99. The van der Waals surface area contributed by atoms with Crippen LogP contribution in [-0.4, -0.2) is 22.1 Å². The summed E-state index contributed by atoms with van der Waals surface area (Å²) in [5.41, 5.74) is 2.68. The summed E-state index contributed by atoms with van der Waals surface area (Å²) in [4.78, 5) is 24.0. The van der Waals surface area contributed by atoms with Gasteiger partial charge in [-0.15, -0.1) is 11.8 Å². The summed E-state index contributed by atoms with van der Waals surface area (Å²) >= 11 is 7.11. The van der Waals surface area contributed by atoms with Crippen LogP contribution >= 0.6 is 23.4 Å². The molecule has 138 valence electrons. The van der Waals surface area contributed by atoms with Crippen LogP contribution in [0, 0.1) is 0 Å². The van der Waals surface area contributed by atoms with Crippen LogP contribution in [-0.2, 0) is 16.0 Å². The molecule has 3 nitrogen and oxygen atoms in total. The van der Waals surface area contributed by atoms with Crippen molar-refractivity contribution < 1.29 is 14.7 Å². The Morgan fingerprint density at radius 2 is 1.62 bits per heavy atom. The van der Waals surface area contributed by atoms with Gasteiger partial charge in [0.25, 0.3) is 0 Å². The predicted molar refractivity (Wildman–Crippen MR) is 108 cm³/mol. The Morgan fingerprint density at radius 3 is 2.12 bits per heavy atom. The number of carboxylic acids is 1. The molecule has 0 saturated carbocycles. The van der Waals surface area contributed by atoms with Gasteiger partial charge in [0.1, 0.15) is 5.25 Å². The van der Waals surface area contributed by atoms with Crippen molar-refractivity contribution in [2.24, 2.45) is 0 Å². The summed E-state index contributed by atoms with van der Waals surface area (Å²) in [6.45, 7) is 6.33. The van der Waals surface area contributed by atoms with Gasteiger partial charge in [-0.1, -0.05) is 68.8 Å². The summed E-state index contributed by atoms with van der Waals surface area (Å²) in [5.74, 6) is -0.602. The van der Waals surface area contributed by atoms with E-state index in [0.29, 0.717) is 16.3 Å². The fraction of sp³-hybridized carbons (Fsp3) is 0.333. The first kappa shape index (κ1) is 20.5. The second-order valence-corrected chi connectivity index (χ2v) is 8.85. The molecule has 1 atom stereocenters. The molecule has 0 radical (unpaired) electrons. The molecule has 0 heterocycles. The van der Waals surface area contributed by atoms with E-state index in [1.54, 1.807) is 24.3 Å². The van der Waals surface area contributed by atoms with E-state index in [1.807, 2.05) is 24.3 Å². The van der Waals surface area contributed by atoms with Gasteiger partial charge >= 0.3 is 5.97 Å². The maximum absolute atomic E-state index is 12.5. The van der Waals surface area contributed by atoms with Crippen molar-refractivity contribution in [3.05, 3.63) is 70.2 Å². The van der Waals surface area contributed by atoms with Gasteiger partial charge in [0.2, 0.25) is 0 Å². The lowest BCUT2D eigenvalue weighted by molar-refractivity contribution is -0.136. The number of thioether (sulfide) groups is 1. The molecule has 1 N–H and O–H groups in total. The summed E-state index contributed by atoms with van der Waals surface area (Å²) in [5, 5.41) is 9.31. The van der Waals surface area contributed by atoms with E-state index in [1.165, 1.54) is 11.8 Å². The zero-order chi connectivity index (χ0) is 19.3. The molecule has 2 aromatic rings. The SMILES string of the molecule is CC(C)(C)c1ccc(C(=O)C[C@H](SCc2ccc(Cl)cc2)C(=O)O)cc1. The first-order valence-corrected chi connectivity index (χ1v) is 9.82. The lowest BCUT2D eigenvalue weighted by Gasteiger charge is -2.19. The monoisotopic (exact) mass is 390 g/mol. The van der Waals surface area contributed by atoms with Gasteiger partial charge in [0.05, 0.1) is 0 Å². The molecule has 0 aliphatic rings. The van der Waals surface area contributed by atoms with Crippen molar-refractivity contribution in [2.75, 3.05) is 0 Å². The number of ketones is 1. The lowest BCUT2D eigenvalue weighted by atomic mass is 9.86. The molecule has 0 aliphatic heterocycles. The number of rotatable bonds is 7. The Kier molecular flexibility index (Phi) is 6.90. The van der Waals surface area contributed by atoms with E-state index in [4.69, 9.17) is 11.6 Å². The zero-order valence-electron chi connectivity index (χ0n) is 15.2. The molecule has 0 amide bonds. The van der Waals surface area contributed by atoms with Gasteiger partial charge in [0.15, 0.2) is 5.78 Å². The zero-order valence-corrected chi connectivity index (χ0v) is 16.7. The van der Waals surface area contributed by atoms with E-state index in [9.17, 15) is 14.7 Å². The summed E-state index contributed by atoms with van der Waals surface area (Å²) in [6.07, 6.45) is -0.0253. The van der Waals surface area contributed by atoms with Crippen LogP contribution in [0.15, 0.2) is 48.5 Å². The second kappa shape index (κ2) is 8.74. The van der Waals surface area contributed by atoms with Gasteiger partial charge in [-0.3, -0.25) is 9.59 Å². The smallest absolute Gasteiger partial charge is 0.317 e. The molecule has 26 heavy (non-hydrogen) atoms. The Balaban J connectivity index is 2.01. The summed E-state index contributed by atoms with van der Waals surface area (Å²) in [6, 6.07) is 14.7. The number of hydrogen-bond acceptors (Lipinski definition) is 3. The molecule has 2 aromatic carbocycles. The second-order valence-electron chi connectivity index (χ2n) is 7.22. The number of Topliss-reactive ketones (excluding diaryl/α,β-unsaturated/α-hetero) is 1. The molecular formula is C21H23ClO3S. The molecule has 0 saturated heterocycles. The summed E-state index contributed by atoms with van der Waals surface area (Å²) < 4.78 is 0. The highest BCUT2D eigenvalue weighted by Gasteiger charge is 2.23. The van der Waals surface area contributed by atoms with Crippen molar-refractivity contribution in [1.29, 1.82) is 0 Å².